The second-order valence-corrected chi connectivity index (χ2v) is 4.06. The van der Waals surface area contributed by atoms with Gasteiger partial charge in [-0.15, -0.1) is 0 Å². The van der Waals surface area contributed by atoms with E-state index in [0.717, 1.165) is 11.1 Å². The summed E-state index contributed by atoms with van der Waals surface area (Å²) in [6, 6.07) is 1.61. The molecule has 2 heterocycles. The summed E-state index contributed by atoms with van der Waals surface area (Å²) in [4.78, 5) is 15.5. The van der Waals surface area contributed by atoms with Crippen molar-refractivity contribution in [2.45, 2.75) is 25.7 Å². The Morgan fingerprint density at radius 1 is 1.39 bits per heavy atom. The van der Waals surface area contributed by atoms with E-state index in [2.05, 4.69) is 15.6 Å². The van der Waals surface area contributed by atoms with Gasteiger partial charge in [0.2, 0.25) is 0 Å². The first-order chi connectivity index (χ1) is 8.46. The highest BCUT2D eigenvalue weighted by molar-refractivity contribution is 5.92. The van der Waals surface area contributed by atoms with Gasteiger partial charge in [0.15, 0.2) is 0 Å². The lowest BCUT2D eigenvalue weighted by Gasteiger charge is -2.08. The molecule has 4 nitrogen and oxygen atoms in total. The van der Waals surface area contributed by atoms with Crippen molar-refractivity contribution in [1.82, 2.24) is 15.6 Å². The topological polar surface area (TPSA) is 54.0 Å². The first-order valence-electron chi connectivity index (χ1n) is 5.49. The van der Waals surface area contributed by atoms with Gasteiger partial charge in [-0.25, -0.2) is 0 Å². The van der Waals surface area contributed by atoms with Crippen LogP contribution in [-0.2, 0) is 13.1 Å². The first-order valence-corrected chi connectivity index (χ1v) is 5.49. The molecular formula is C11H12F3N3O. The predicted molar refractivity (Wildman–Crippen MR) is 57.8 cm³/mol. The predicted octanol–water partition coefficient (Wildman–Crippen LogP) is 1.37. The Morgan fingerprint density at radius 2 is 2.11 bits per heavy atom. The number of rotatable bonds is 3. The molecule has 2 rings (SSSR count). The van der Waals surface area contributed by atoms with Gasteiger partial charge in [0.25, 0.3) is 5.91 Å². The zero-order valence-electron chi connectivity index (χ0n) is 9.47. The van der Waals surface area contributed by atoms with E-state index in [1.165, 1.54) is 0 Å². The molecule has 1 aromatic heterocycles. The van der Waals surface area contributed by atoms with E-state index >= 15 is 0 Å². The van der Waals surface area contributed by atoms with Crippen LogP contribution < -0.4 is 10.6 Å². The summed E-state index contributed by atoms with van der Waals surface area (Å²) in [5.41, 5.74) is 2.13. The molecule has 1 aromatic rings. The first kappa shape index (κ1) is 12.8. The minimum absolute atomic E-state index is 0.152. The fourth-order valence-corrected chi connectivity index (χ4v) is 1.71. The molecule has 7 heteroatoms. The molecule has 1 amide bonds. The number of fused-ring (bicyclic) bond motifs is 1. The summed E-state index contributed by atoms with van der Waals surface area (Å²) in [6.07, 6.45) is -3.72. The van der Waals surface area contributed by atoms with Crippen LogP contribution in [0.2, 0.25) is 0 Å². The number of nitrogens with zero attached hydrogens (tertiary/aromatic N) is 1. The Balaban J connectivity index is 1.93. The number of aromatic nitrogens is 1. The Hall–Kier alpha value is -1.63. The smallest absolute Gasteiger partial charge is 0.350 e. The number of pyridine rings is 1. The highest BCUT2D eigenvalue weighted by Crippen LogP contribution is 2.18. The van der Waals surface area contributed by atoms with Crippen LogP contribution in [0.3, 0.4) is 0 Å². The number of carbonyl (C=O) groups is 1. The lowest BCUT2D eigenvalue weighted by atomic mass is 10.1. The largest absolute Gasteiger partial charge is 0.390 e. The van der Waals surface area contributed by atoms with E-state index < -0.39 is 25.0 Å². The molecule has 0 atom stereocenters. The molecule has 0 saturated carbocycles. The van der Waals surface area contributed by atoms with Gasteiger partial charge in [0.1, 0.15) is 5.69 Å². The summed E-state index contributed by atoms with van der Waals surface area (Å²) in [5, 5.41) is 5.30. The summed E-state index contributed by atoms with van der Waals surface area (Å²) in [7, 11) is 0. The van der Waals surface area contributed by atoms with Crippen molar-refractivity contribution >= 4 is 5.91 Å². The molecule has 98 valence electrons. The second-order valence-electron chi connectivity index (χ2n) is 4.06. The average molecular weight is 259 g/mol. The lowest BCUT2D eigenvalue weighted by molar-refractivity contribution is -0.132. The molecule has 0 fully saturated rings. The fourth-order valence-electron chi connectivity index (χ4n) is 1.71. The molecule has 0 spiro atoms. The van der Waals surface area contributed by atoms with E-state index in [1.807, 2.05) is 0 Å². The van der Waals surface area contributed by atoms with Crippen molar-refractivity contribution in [1.29, 1.82) is 0 Å². The molecule has 0 aliphatic carbocycles. The van der Waals surface area contributed by atoms with Crippen LogP contribution in [0, 0.1) is 0 Å². The minimum atomic E-state index is -4.26. The monoisotopic (exact) mass is 259 g/mol. The van der Waals surface area contributed by atoms with Gasteiger partial charge in [-0.1, -0.05) is 0 Å². The van der Waals surface area contributed by atoms with Crippen LogP contribution in [0.1, 0.15) is 28.0 Å². The van der Waals surface area contributed by atoms with Crippen molar-refractivity contribution in [2.24, 2.45) is 0 Å². The number of nitrogens with one attached hydrogen (secondary N) is 2. The number of amides is 1. The zero-order valence-corrected chi connectivity index (χ0v) is 9.47. The van der Waals surface area contributed by atoms with E-state index in [4.69, 9.17) is 0 Å². The Morgan fingerprint density at radius 3 is 2.83 bits per heavy atom. The van der Waals surface area contributed by atoms with E-state index in [9.17, 15) is 18.0 Å². The van der Waals surface area contributed by atoms with Gasteiger partial charge < -0.3 is 10.6 Å². The highest BCUT2D eigenvalue weighted by Gasteiger charge is 2.26. The molecule has 1 aliphatic rings. The van der Waals surface area contributed by atoms with Gasteiger partial charge in [0, 0.05) is 25.8 Å². The van der Waals surface area contributed by atoms with E-state index in [-0.39, 0.29) is 5.69 Å². The third-order valence-electron chi connectivity index (χ3n) is 2.64. The van der Waals surface area contributed by atoms with Gasteiger partial charge >= 0.3 is 6.18 Å². The van der Waals surface area contributed by atoms with Crippen molar-refractivity contribution in [3.63, 3.8) is 0 Å². The van der Waals surface area contributed by atoms with Crippen molar-refractivity contribution < 1.29 is 18.0 Å². The maximum atomic E-state index is 11.9. The van der Waals surface area contributed by atoms with Crippen LogP contribution in [-0.4, -0.2) is 23.6 Å². The second kappa shape index (κ2) is 4.93. The number of alkyl halides is 3. The van der Waals surface area contributed by atoms with E-state index in [0.29, 0.717) is 13.1 Å². The molecule has 0 saturated heterocycles. The highest BCUT2D eigenvalue weighted by atomic mass is 19.4. The molecule has 0 unspecified atom stereocenters. The molecule has 0 radical (unpaired) electrons. The third kappa shape index (κ3) is 3.19. The number of halogens is 3. The van der Waals surface area contributed by atoms with Gasteiger partial charge in [0.05, 0.1) is 6.42 Å². The van der Waals surface area contributed by atoms with Crippen LogP contribution in [0.4, 0.5) is 13.2 Å². The van der Waals surface area contributed by atoms with Crippen LogP contribution in [0.15, 0.2) is 12.3 Å². The number of hydrogen-bond donors (Lipinski definition) is 2. The molecule has 18 heavy (non-hydrogen) atoms. The van der Waals surface area contributed by atoms with Gasteiger partial charge in [-0.2, -0.15) is 13.2 Å². The van der Waals surface area contributed by atoms with E-state index in [1.54, 1.807) is 12.3 Å². The Labute approximate surface area is 102 Å². The molecule has 2 N–H and O–H groups in total. The fraction of sp³-hybridized carbons (Fsp3) is 0.455. The summed E-state index contributed by atoms with van der Waals surface area (Å²) in [6.45, 7) is 0.929. The maximum absolute atomic E-state index is 11.9. The van der Waals surface area contributed by atoms with Crippen molar-refractivity contribution in [2.75, 3.05) is 6.54 Å². The number of hydrogen-bond acceptors (Lipinski definition) is 3. The normalized spacial score (nSPS) is 14.4. The summed E-state index contributed by atoms with van der Waals surface area (Å²) >= 11 is 0. The van der Waals surface area contributed by atoms with Crippen molar-refractivity contribution in [3.8, 4) is 0 Å². The summed E-state index contributed by atoms with van der Waals surface area (Å²) in [5.74, 6) is -0.575. The Kier molecular flexibility index (Phi) is 3.51. The molecule has 0 bridgehead atoms. The van der Waals surface area contributed by atoms with Crippen LogP contribution >= 0.6 is 0 Å². The molecule has 1 aliphatic heterocycles. The maximum Gasteiger partial charge on any atom is 0.390 e. The molecule has 0 aromatic carbocycles. The van der Waals surface area contributed by atoms with Crippen LogP contribution in [0.5, 0.6) is 0 Å². The number of carbonyl (C=O) groups excluding carboxylic acids is 1. The summed E-state index contributed by atoms with van der Waals surface area (Å²) < 4.78 is 35.7. The minimum Gasteiger partial charge on any atom is -0.350 e. The lowest BCUT2D eigenvalue weighted by Crippen LogP contribution is -2.28. The zero-order chi connectivity index (χ0) is 13.2. The van der Waals surface area contributed by atoms with Crippen molar-refractivity contribution in [3.05, 3.63) is 29.1 Å². The SMILES string of the molecule is O=C(NCCC(F)(F)F)c1cc2c(cn1)CNC2. The third-order valence-corrected chi connectivity index (χ3v) is 2.64. The molecular weight excluding hydrogens is 247 g/mol. The standard InChI is InChI=1S/C11H12F3N3O/c12-11(13,14)1-2-16-10(18)9-3-7-4-15-5-8(7)6-17-9/h3,6,15H,1-2,4-5H2,(H,16,18). The van der Waals surface area contributed by atoms with Gasteiger partial charge in [-0.3, -0.25) is 9.78 Å². The van der Waals surface area contributed by atoms with Crippen LogP contribution in [0.25, 0.3) is 0 Å². The average Bonchev–Trinajstić information content (AvgIpc) is 2.73. The van der Waals surface area contributed by atoms with Gasteiger partial charge in [-0.05, 0) is 17.2 Å². The quantitative estimate of drug-likeness (QED) is 0.862. The Bertz CT molecular complexity index is 459.